The number of aryl methyl sites for hydroxylation is 1. The number of benzene rings is 1. The third kappa shape index (κ3) is 2.03. The SMILES string of the molecule is Cc1cc(C(N)C2Cc3ccccc3C2)cs1. The summed E-state index contributed by atoms with van der Waals surface area (Å²) in [6.45, 7) is 2.14. The highest BCUT2D eigenvalue weighted by Crippen LogP contribution is 2.35. The Morgan fingerprint density at radius 2 is 1.88 bits per heavy atom. The van der Waals surface area contributed by atoms with E-state index < -0.39 is 0 Å². The predicted molar refractivity (Wildman–Crippen MR) is 73.3 cm³/mol. The average molecular weight is 243 g/mol. The van der Waals surface area contributed by atoms with Crippen LogP contribution < -0.4 is 5.73 Å². The molecule has 0 radical (unpaired) electrons. The zero-order valence-electron chi connectivity index (χ0n) is 10.0. The second-order valence-electron chi connectivity index (χ2n) is 4.95. The standard InChI is InChI=1S/C15H17NS/c1-10-6-14(9-17-10)15(16)13-7-11-4-2-3-5-12(11)8-13/h2-6,9,13,15H,7-8,16H2,1H3. The van der Waals surface area contributed by atoms with Gasteiger partial charge in [0.2, 0.25) is 0 Å². The molecule has 1 aromatic heterocycles. The molecule has 0 bridgehead atoms. The fourth-order valence-electron chi connectivity index (χ4n) is 2.76. The van der Waals surface area contributed by atoms with E-state index in [1.807, 2.05) is 0 Å². The zero-order valence-corrected chi connectivity index (χ0v) is 10.8. The highest BCUT2D eigenvalue weighted by molar-refractivity contribution is 7.10. The second kappa shape index (κ2) is 4.28. The molecule has 1 heterocycles. The summed E-state index contributed by atoms with van der Waals surface area (Å²) in [4.78, 5) is 1.35. The Labute approximate surface area is 106 Å². The van der Waals surface area contributed by atoms with Gasteiger partial charge in [-0.05, 0) is 53.8 Å². The molecule has 88 valence electrons. The maximum absolute atomic E-state index is 6.40. The van der Waals surface area contributed by atoms with Gasteiger partial charge in [-0.15, -0.1) is 11.3 Å². The molecule has 1 aromatic carbocycles. The normalized spacial score (nSPS) is 17.1. The number of fused-ring (bicyclic) bond motifs is 1. The maximum atomic E-state index is 6.40. The quantitative estimate of drug-likeness (QED) is 0.858. The van der Waals surface area contributed by atoms with Crippen molar-refractivity contribution in [2.45, 2.75) is 25.8 Å². The Kier molecular flexibility index (Phi) is 2.77. The van der Waals surface area contributed by atoms with Gasteiger partial charge in [-0.1, -0.05) is 24.3 Å². The van der Waals surface area contributed by atoms with E-state index in [-0.39, 0.29) is 6.04 Å². The van der Waals surface area contributed by atoms with E-state index in [2.05, 4.69) is 42.6 Å². The van der Waals surface area contributed by atoms with Crippen LogP contribution in [0.3, 0.4) is 0 Å². The van der Waals surface area contributed by atoms with Gasteiger partial charge in [0.25, 0.3) is 0 Å². The van der Waals surface area contributed by atoms with Gasteiger partial charge in [-0.25, -0.2) is 0 Å². The first kappa shape index (κ1) is 11.0. The molecule has 1 aliphatic rings. The fraction of sp³-hybridized carbons (Fsp3) is 0.333. The first-order valence-corrected chi connectivity index (χ1v) is 6.99. The van der Waals surface area contributed by atoms with Crippen LogP contribution in [-0.2, 0) is 12.8 Å². The molecule has 2 heteroatoms. The van der Waals surface area contributed by atoms with Crippen molar-refractivity contribution < 1.29 is 0 Å². The lowest BCUT2D eigenvalue weighted by Gasteiger charge is -2.17. The highest BCUT2D eigenvalue weighted by Gasteiger charge is 2.27. The van der Waals surface area contributed by atoms with Crippen LogP contribution in [0.2, 0.25) is 0 Å². The molecule has 0 spiro atoms. The summed E-state index contributed by atoms with van der Waals surface area (Å²) < 4.78 is 0. The van der Waals surface area contributed by atoms with Crippen molar-refractivity contribution in [1.29, 1.82) is 0 Å². The topological polar surface area (TPSA) is 26.0 Å². The van der Waals surface area contributed by atoms with Gasteiger partial charge in [-0.2, -0.15) is 0 Å². The van der Waals surface area contributed by atoms with E-state index in [1.165, 1.54) is 21.6 Å². The van der Waals surface area contributed by atoms with E-state index >= 15 is 0 Å². The lowest BCUT2D eigenvalue weighted by atomic mass is 9.93. The third-order valence-electron chi connectivity index (χ3n) is 3.73. The molecule has 1 unspecified atom stereocenters. The molecule has 1 aliphatic carbocycles. The van der Waals surface area contributed by atoms with Crippen molar-refractivity contribution in [3.63, 3.8) is 0 Å². The Hall–Kier alpha value is -1.12. The average Bonchev–Trinajstić information content (AvgIpc) is 2.93. The van der Waals surface area contributed by atoms with E-state index in [0.717, 1.165) is 12.8 Å². The number of hydrogen-bond donors (Lipinski definition) is 1. The molecule has 1 atom stereocenters. The van der Waals surface area contributed by atoms with Gasteiger partial charge in [0.1, 0.15) is 0 Å². The van der Waals surface area contributed by atoms with Gasteiger partial charge < -0.3 is 5.73 Å². The molecule has 3 rings (SSSR count). The summed E-state index contributed by atoms with van der Waals surface area (Å²) >= 11 is 1.80. The summed E-state index contributed by atoms with van der Waals surface area (Å²) in [5.74, 6) is 0.571. The second-order valence-corrected chi connectivity index (χ2v) is 6.07. The third-order valence-corrected chi connectivity index (χ3v) is 4.61. The molecule has 0 saturated carbocycles. The summed E-state index contributed by atoms with van der Waals surface area (Å²) in [5, 5.41) is 2.21. The Bertz CT molecular complexity index is 504. The molecule has 2 N–H and O–H groups in total. The van der Waals surface area contributed by atoms with Crippen LogP contribution in [-0.4, -0.2) is 0 Å². The Morgan fingerprint density at radius 1 is 1.24 bits per heavy atom. The van der Waals surface area contributed by atoms with Gasteiger partial charge in [0.05, 0.1) is 0 Å². The molecule has 2 aromatic rings. The van der Waals surface area contributed by atoms with E-state index in [9.17, 15) is 0 Å². The largest absolute Gasteiger partial charge is 0.324 e. The summed E-state index contributed by atoms with van der Waals surface area (Å²) in [5.41, 5.74) is 10.7. The first-order chi connectivity index (χ1) is 8.24. The molecule has 0 saturated heterocycles. The van der Waals surface area contributed by atoms with Gasteiger partial charge in [0.15, 0.2) is 0 Å². The maximum Gasteiger partial charge on any atom is 0.0338 e. The summed E-state index contributed by atoms with van der Waals surface area (Å²) in [7, 11) is 0. The van der Waals surface area contributed by atoms with Crippen molar-refractivity contribution in [2.24, 2.45) is 11.7 Å². The van der Waals surface area contributed by atoms with Crippen molar-refractivity contribution in [3.05, 3.63) is 57.3 Å². The van der Waals surface area contributed by atoms with Crippen molar-refractivity contribution >= 4 is 11.3 Å². The molecule has 0 fully saturated rings. The summed E-state index contributed by atoms with van der Waals surface area (Å²) in [6, 6.07) is 11.1. The van der Waals surface area contributed by atoms with Crippen LogP contribution in [0, 0.1) is 12.8 Å². The Morgan fingerprint density at radius 3 is 2.41 bits per heavy atom. The molecule has 1 nitrogen and oxygen atoms in total. The minimum atomic E-state index is 0.187. The predicted octanol–water partition coefficient (Wildman–Crippen LogP) is 3.47. The number of hydrogen-bond acceptors (Lipinski definition) is 2. The zero-order chi connectivity index (χ0) is 11.8. The van der Waals surface area contributed by atoms with E-state index in [0.29, 0.717) is 5.92 Å². The van der Waals surface area contributed by atoms with Crippen LogP contribution in [0.5, 0.6) is 0 Å². The monoisotopic (exact) mass is 243 g/mol. The van der Waals surface area contributed by atoms with E-state index in [4.69, 9.17) is 5.73 Å². The number of rotatable bonds is 2. The summed E-state index contributed by atoms with van der Waals surface area (Å²) in [6.07, 6.45) is 2.26. The lowest BCUT2D eigenvalue weighted by molar-refractivity contribution is 0.454. The molecule has 0 aliphatic heterocycles. The minimum Gasteiger partial charge on any atom is -0.324 e. The molecule has 0 amide bonds. The van der Waals surface area contributed by atoms with Crippen LogP contribution in [0.4, 0.5) is 0 Å². The number of thiophene rings is 1. The minimum absolute atomic E-state index is 0.187. The van der Waals surface area contributed by atoms with Crippen molar-refractivity contribution in [1.82, 2.24) is 0 Å². The Balaban J connectivity index is 1.80. The van der Waals surface area contributed by atoms with Crippen LogP contribution in [0.15, 0.2) is 35.7 Å². The highest BCUT2D eigenvalue weighted by atomic mass is 32.1. The van der Waals surface area contributed by atoms with E-state index in [1.54, 1.807) is 11.3 Å². The van der Waals surface area contributed by atoms with Gasteiger partial charge >= 0.3 is 0 Å². The van der Waals surface area contributed by atoms with Crippen LogP contribution >= 0.6 is 11.3 Å². The van der Waals surface area contributed by atoms with Gasteiger partial charge in [0, 0.05) is 10.9 Å². The van der Waals surface area contributed by atoms with Crippen LogP contribution in [0.25, 0.3) is 0 Å². The molecular weight excluding hydrogens is 226 g/mol. The molecule has 17 heavy (non-hydrogen) atoms. The van der Waals surface area contributed by atoms with Crippen molar-refractivity contribution in [3.8, 4) is 0 Å². The van der Waals surface area contributed by atoms with Gasteiger partial charge in [-0.3, -0.25) is 0 Å². The molecular formula is C15H17NS. The fourth-order valence-corrected chi connectivity index (χ4v) is 3.51. The smallest absolute Gasteiger partial charge is 0.0338 e. The van der Waals surface area contributed by atoms with Crippen molar-refractivity contribution in [2.75, 3.05) is 0 Å². The number of nitrogens with two attached hydrogens (primary N) is 1. The first-order valence-electron chi connectivity index (χ1n) is 6.11. The lowest BCUT2D eigenvalue weighted by Crippen LogP contribution is -2.21. The van der Waals surface area contributed by atoms with Crippen LogP contribution in [0.1, 0.15) is 27.6 Å².